The molecule has 0 N–H and O–H groups in total. The second-order valence-electron chi connectivity index (χ2n) is 5.74. The lowest BCUT2D eigenvalue weighted by Crippen LogP contribution is -2.18. The van der Waals surface area contributed by atoms with Gasteiger partial charge in [0.2, 0.25) is 0 Å². The SMILES string of the molecule is COc1cccc(C(=O)c2cccc(CN3CCCC3)c2)c1. The summed E-state index contributed by atoms with van der Waals surface area (Å²) in [6.45, 7) is 3.25. The summed E-state index contributed by atoms with van der Waals surface area (Å²) in [7, 11) is 1.61. The third-order valence-corrected chi connectivity index (χ3v) is 4.13. The van der Waals surface area contributed by atoms with Crippen LogP contribution in [0.3, 0.4) is 0 Å². The largest absolute Gasteiger partial charge is 0.497 e. The summed E-state index contributed by atoms with van der Waals surface area (Å²) in [6.07, 6.45) is 2.56. The maximum atomic E-state index is 12.6. The van der Waals surface area contributed by atoms with Gasteiger partial charge in [-0.2, -0.15) is 0 Å². The molecule has 0 spiro atoms. The molecular weight excluding hydrogens is 274 g/mol. The molecule has 1 heterocycles. The summed E-state index contributed by atoms with van der Waals surface area (Å²) in [5.41, 5.74) is 2.61. The van der Waals surface area contributed by atoms with Crippen molar-refractivity contribution in [2.45, 2.75) is 19.4 Å². The molecule has 0 bridgehead atoms. The minimum atomic E-state index is 0.0437. The van der Waals surface area contributed by atoms with Gasteiger partial charge in [-0.3, -0.25) is 9.69 Å². The molecule has 114 valence electrons. The topological polar surface area (TPSA) is 29.5 Å². The van der Waals surface area contributed by atoms with E-state index in [0.717, 1.165) is 25.2 Å². The highest BCUT2D eigenvalue weighted by atomic mass is 16.5. The monoisotopic (exact) mass is 295 g/mol. The standard InChI is InChI=1S/C19H21NO2/c1-22-18-9-5-8-17(13-18)19(21)16-7-4-6-15(12-16)14-20-10-2-3-11-20/h4-9,12-13H,2-3,10-11,14H2,1H3. The lowest BCUT2D eigenvalue weighted by molar-refractivity contribution is 0.103. The van der Waals surface area contributed by atoms with Crippen LogP contribution in [0.15, 0.2) is 48.5 Å². The predicted octanol–water partition coefficient (Wildman–Crippen LogP) is 3.52. The minimum Gasteiger partial charge on any atom is -0.497 e. The number of benzene rings is 2. The van der Waals surface area contributed by atoms with E-state index < -0.39 is 0 Å². The molecule has 3 heteroatoms. The smallest absolute Gasteiger partial charge is 0.193 e. The van der Waals surface area contributed by atoms with Gasteiger partial charge in [-0.25, -0.2) is 0 Å². The Balaban J connectivity index is 1.79. The Hall–Kier alpha value is -2.13. The molecule has 3 nitrogen and oxygen atoms in total. The number of ketones is 1. The number of carbonyl (C=O) groups is 1. The summed E-state index contributed by atoms with van der Waals surface area (Å²) in [5.74, 6) is 0.751. The fourth-order valence-electron chi connectivity index (χ4n) is 2.94. The highest BCUT2D eigenvalue weighted by Crippen LogP contribution is 2.18. The summed E-state index contributed by atoms with van der Waals surface area (Å²) < 4.78 is 5.19. The number of hydrogen-bond donors (Lipinski definition) is 0. The molecule has 0 amide bonds. The molecule has 1 aliphatic rings. The number of ether oxygens (including phenoxy) is 1. The third-order valence-electron chi connectivity index (χ3n) is 4.13. The van der Waals surface area contributed by atoms with Crippen LogP contribution >= 0.6 is 0 Å². The summed E-state index contributed by atoms with van der Waals surface area (Å²) in [6, 6.07) is 15.3. The van der Waals surface area contributed by atoms with Crippen molar-refractivity contribution in [2.75, 3.05) is 20.2 Å². The average Bonchev–Trinajstić information content (AvgIpc) is 3.07. The zero-order valence-corrected chi connectivity index (χ0v) is 12.9. The number of nitrogens with zero attached hydrogens (tertiary/aromatic N) is 1. The van der Waals surface area contributed by atoms with Crippen molar-refractivity contribution in [2.24, 2.45) is 0 Å². The Labute approximate surface area is 131 Å². The van der Waals surface area contributed by atoms with Crippen LogP contribution < -0.4 is 4.74 Å². The molecule has 3 rings (SSSR count). The van der Waals surface area contributed by atoms with E-state index in [1.165, 1.54) is 18.4 Å². The molecular formula is C19H21NO2. The zero-order chi connectivity index (χ0) is 15.4. The van der Waals surface area contributed by atoms with Gasteiger partial charge in [-0.15, -0.1) is 0 Å². The molecule has 0 unspecified atom stereocenters. The molecule has 0 aromatic heterocycles. The van der Waals surface area contributed by atoms with Crippen LogP contribution in [0.4, 0.5) is 0 Å². The molecule has 0 radical (unpaired) electrons. The predicted molar refractivity (Wildman–Crippen MR) is 87.4 cm³/mol. The molecule has 1 saturated heterocycles. The summed E-state index contributed by atoms with van der Waals surface area (Å²) >= 11 is 0. The maximum Gasteiger partial charge on any atom is 0.193 e. The van der Waals surface area contributed by atoms with E-state index in [-0.39, 0.29) is 5.78 Å². The van der Waals surface area contributed by atoms with Crippen LogP contribution in [-0.4, -0.2) is 30.9 Å². The van der Waals surface area contributed by atoms with Gasteiger partial charge >= 0.3 is 0 Å². The van der Waals surface area contributed by atoms with Gasteiger partial charge in [-0.05, 0) is 49.7 Å². The normalized spacial score (nSPS) is 15.0. The Morgan fingerprint density at radius 1 is 1.05 bits per heavy atom. The van der Waals surface area contributed by atoms with Crippen molar-refractivity contribution in [1.29, 1.82) is 0 Å². The van der Waals surface area contributed by atoms with Crippen LogP contribution in [0.1, 0.15) is 34.3 Å². The summed E-state index contributed by atoms with van der Waals surface area (Å²) in [5, 5.41) is 0. The Kier molecular flexibility index (Phi) is 4.54. The molecule has 1 fully saturated rings. The van der Waals surface area contributed by atoms with E-state index in [4.69, 9.17) is 4.74 Å². The average molecular weight is 295 g/mol. The molecule has 1 aliphatic heterocycles. The highest BCUT2D eigenvalue weighted by molar-refractivity contribution is 6.09. The van der Waals surface area contributed by atoms with Gasteiger partial charge in [0, 0.05) is 17.7 Å². The van der Waals surface area contributed by atoms with Gasteiger partial charge in [0.1, 0.15) is 5.75 Å². The second-order valence-corrected chi connectivity index (χ2v) is 5.74. The van der Waals surface area contributed by atoms with Crippen LogP contribution in [0.2, 0.25) is 0 Å². The lowest BCUT2D eigenvalue weighted by Gasteiger charge is -2.15. The Morgan fingerprint density at radius 2 is 1.73 bits per heavy atom. The fraction of sp³-hybridized carbons (Fsp3) is 0.316. The van der Waals surface area contributed by atoms with E-state index in [0.29, 0.717) is 11.3 Å². The summed E-state index contributed by atoms with van der Waals surface area (Å²) in [4.78, 5) is 15.1. The number of methoxy groups -OCH3 is 1. The van der Waals surface area contributed by atoms with E-state index in [1.54, 1.807) is 13.2 Å². The van der Waals surface area contributed by atoms with Crippen molar-refractivity contribution >= 4 is 5.78 Å². The molecule has 0 atom stereocenters. The van der Waals surface area contributed by atoms with E-state index in [2.05, 4.69) is 11.0 Å². The van der Waals surface area contributed by atoms with Crippen LogP contribution in [0, 0.1) is 0 Å². The Bertz CT molecular complexity index is 660. The van der Waals surface area contributed by atoms with E-state index in [9.17, 15) is 4.79 Å². The van der Waals surface area contributed by atoms with Crippen molar-refractivity contribution in [3.63, 3.8) is 0 Å². The highest BCUT2D eigenvalue weighted by Gasteiger charge is 2.14. The number of hydrogen-bond acceptors (Lipinski definition) is 3. The van der Waals surface area contributed by atoms with Crippen molar-refractivity contribution < 1.29 is 9.53 Å². The molecule has 2 aromatic rings. The second kappa shape index (κ2) is 6.75. The van der Waals surface area contributed by atoms with Crippen LogP contribution in [-0.2, 0) is 6.54 Å². The number of carbonyl (C=O) groups excluding carboxylic acids is 1. The molecule has 0 aliphatic carbocycles. The fourth-order valence-corrected chi connectivity index (χ4v) is 2.94. The van der Waals surface area contributed by atoms with Crippen LogP contribution in [0.25, 0.3) is 0 Å². The minimum absolute atomic E-state index is 0.0437. The van der Waals surface area contributed by atoms with Crippen molar-refractivity contribution in [1.82, 2.24) is 4.90 Å². The van der Waals surface area contributed by atoms with Gasteiger partial charge in [0.05, 0.1) is 7.11 Å². The van der Waals surface area contributed by atoms with Crippen molar-refractivity contribution in [3.05, 3.63) is 65.2 Å². The first-order valence-corrected chi connectivity index (χ1v) is 7.76. The quantitative estimate of drug-likeness (QED) is 0.790. The van der Waals surface area contributed by atoms with Gasteiger partial charge in [0.15, 0.2) is 5.78 Å². The van der Waals surface area contributed by atoms with E-state index >= 15 is 0 Å². The van der Waals surface area contributed by atoms with Gasteiger partial charge in [-0.1, -0.05) is 30.3 Å². The number of likely N-dealkylation sites (tertiary alicyclic amines) is 1. The third kappa shape index (κ3) is 3.37. The first kappa shape index (κ1) is 14.8. The van der Waals surface area contributed by atoms with Gasteiger partial charge in [0.25, 0.3) is 0 Å². The van der Waals surface area contributed by atoms with Crippen LogP contribution in [0.5, 0.6) is 5.75 Å². The molecule has 22 heavy (non-hydrogen) atoms. The lowest BCUT2D eigenvalue weighted by atomic mass is 10.0. The first-order valence-electron chi connectivity index (χ1n) is 7.76. The zero-order valence-electron chi connectivity index (χ0n) is 12.9. The Morgan fingerprint density at radius 3 is 2.45 bits per heavy atom. The van der Waals surface area contributed by atoms with E-state index in [1.807, 2.05) is 36.4 Å². The van der Waals surface area contributed by atoms with Crippen molar-refractivity contribution in [3.8, 4) is 5.75 Å². The molecule has 0 saturated carbocycles. The van der Waals surface area contributed by atoms with Gasteiger partial charge < -0.3 is 4.74 Å². The molecule has 2 aromatic carbocycles. The first-order chi connectivity index (χ1) is 10.8. The number of rotatable bonds is 5. The maximum absolute atomic E-state index is 12.6.